The number of nitrogens with one attached hydrogen (secondary N) is 1. The van der Waals surface area contributed by atoms with E-state index >= 15 is 0 Å². The maximum absolute atomic E-state index is 12.7. The number of hydrogen-bond donors (Lipinski definition) is 1. The molecule has 0 spiro atoms. The summed E-state index contributed by atoms with van der Waals surface area (Å²) in [5, 5.41) is 14.5. The first-order chi connectivity index (χ1) is 13.3. The average molecular weight is 367 g/mol. The minimum Gasteiger partial charge on any atom is -0.377 e. The molecule has 2 saturated carbocycles. The normalized spacial score (nSPS) is 30.1. The highest BCUT2D eigenvalue weighted by molar-refractivity contribution is 5.79. The van der Waals surface area contributed by atoms with Crippen LogP contribution in [-0.4, -0.2) is 44.9 Å². The largest absolute Gasteiger partial charge is 0.377 e. The Hall–Kier alpha value is -2.28. The van der Waals surface area contributed by atoms with Crippen LogP contribution in [0.5, 0.6) is 0 Å². The smallest absolute Gasteiger partial charge is 0.224 e. The molecule has 2 heterocycles. The minimum absolute atomic E-state index is 0.114. The zero-order chi connectivity index (χ0) is 18.2. The molecular weight excluding hydrogens is 342 g/mol. The molecule has 1 amide bonds. The lowest BCUT2D eigenvalue weighted by Gasteiger charge is -2.50. The van der Waals surface area contributed by atoms with Gasteiger partial charge < -0.3 is 10.1 Å². The number of hydrogen-bond acceptors (Lipinski definition) is 5. The van der Waals surface area contributed by atoms with Crippen LogP contribution in [0, 0.1) is 17.8 Å². The van der Waals surface area contributed by atoms with Gasteiger partial charge in [-0.15, -0.1) is 5.10 Å². The number of benzene rings is 1. The molecule has 2 aromatic rings. The fraction of sp³-hybridized carbons (Fsp3) is 0.600. The van der Waals surface area contributed by atoms with E-state index in [-0.39, 0.29) is 5.91 Å². The molecule has 4 atom stereocenters. The second-order valence-electron chi connectivity index (χ2n) is 8.10. The van der Waals surface area contributed by atoms with Crippen molar-refractivity contribution in [2.75, 3.05) is 6.61 Å². The number of aromatic nitrogens is 4. The predicted octanol–water partition coefficient (Wildman–Crippen LogP) is 1.91. The molecule has 7 heteroatoms. The standard InChI is InChI=1S/C20H25N5O2/c26-17(11-13-5-7-15(8-6-13)25-12-21-23-24-25)22-19-16-9-10-27-20(16)18(19)14-3-1-2-4-14/h5-8,12,14,16,18-20H,1-4,9-11H2,(H,22,26)/t16-,18+,19+,20-/m1/s1. The second-order valence-corrected chi connectivity index (χ2v) is 8.10. The molecule has 1 N–H and O–H groups in total. The minimum atomic E-state index is 0.114. The van der Waals surface area contributed by atoms with Crippen LogP contribution < -0.4 is 5.32 Å². The first-order valence-corrected chi connectivity index (χ1v) is 10.0. The van der Waals surface area contributed by atoms with E-state index in [0.29, 0.717) is 30.4 Å². The van der Waals surface area contributed by atoms with Crippen LogP contribution in [0.2, 0.25) is 0 Å². The van der Waals surface area contributed by atoms with E-state index in [1.165, 1.54) is 25.7 Å². The quantitative estimate of drug-likeness (QED) is 0.873. The zero-order valence-electron chi connectivity index (χ0n) is 15.3. The fourth-order valence-electron chi connectivity index (χ4n) is 5.33. The first kappa shape index (κ1) is 16.9. The molecule has 1 saturated heterocycles. The van der Waals surface area contributed by atoms with Crippen molar-refractivity contribution in [3.8, 4) is 5.69 Å². The van der Waals surface area contributed by atoms with Gasteiger partial charge in [-0.3, -0.25) is 4.79 Å². The molecule has 7 nitrogen and oxygen atoms in total. The van der Waals surface area contributed by atoms with Gasteiger partial charge in [0.2, 0.25) is 5.91 Å². The molecule has 1 aromatic heterocycles. The summed E-state index contributed by atoms with van der Waals surface area (Å²) in [6.07, 6.45) is 8.67. The number of ether oxygens (including phenoxy) is 1. The van der Waals surface area contributed by atoms with Gasteiger partial charge in [-0.2, -0.15) is 0 Å². The summed E-state index contributed by atoms with van der Waals surface area (Å²) < 4.78 is 7.59. The van der Waals surface area contributed by atoms with Crippen molar-refractivity contribution in [1.82, 2.24) is 25.5 Å². The van der Waals surface area contributed by atoms with Crippen molar-refractivity contribution < 1.29 is 9.53 Å². The van der Waals surface area contributed by atoms with Crippen LogP contribution >= 0.6 is 0 Å². The van der Waals surface area contributed by atoms with Crippen molar-refractivity contribution in [1.29, 1.82) is 0 Å². The SMILES string of the molecule is O=C(Cc1ccc(-n2cnnn2)cc1)N[C@H]1[C@H]2CCO[C@H]2[C@H]1C1CCCC1. The topological polar surface area (TPSA) is 81.9 Å². The lowest BCUT2D eigenvalue weighted by Crippen LogP contribution is -2.63. The van der Waals surface area contributed by atoms with Crippen molar-refractivity contribution in [3.63, 3.8) is 0 Å². The number of amides is 1. The van der Waals surface area contributed by atoms with E-state index < -0.39 is 0 Å². The molecule has 3 fully saturated rings. The fourth-order valence-corrected chi connectivity index (χ4v) is 5.33. The predicted molar refractivity (Wildman–Crippen MR) is 98.1 cm³/mol. The third-order valence-corrected chi connectivity index (χ3v) is 6.63. The number of carbonyl (C=O) groups is 1. The van der Waals surface area contributed by atoms with E-state index in [2.05, 4.69) is 20.8 Å². The van der Waals surface area contributed by atoms with Crippen molar-refractivity contribution in [2.45, 2.75) is 50.7 Å². The van der Waals surface area contributed by atoms with Gasteiger partial charge >= 0.3 is 0 Å². The monoisotopic (exact) mass is 367 g/mol. The summed E-state index contributed by atoms with van der Waals surface area (Å²) in [4.78, 5) is 12.7. The van der Waals surface area contributed by atoms with Crippen molar-refractivity contribution in [2.24, 2.45) is 17.8 Å². The van der Waals surface area contributed by atoms with Gasteiger partial charge in [0.1, 0.15) is 6.33 Å². The average Bonchev–Trinajstić information content (AvgIpc) is 3.43. The molecule has 2 aliphatic carbocycles. The highest BCUT2D eigenvalue weighted by atomic mass is 16.5. The third-order valence-electron chi connectivity index (χ3n) is 6.63. The Kier molecular flexibility index (Phi) is 4.39. The van der Waals surface area contributed by atoms with Gasteiger partial charge in [-0.25, -0.2) is 4.68 Å². The molecule has 27 heavy (non-hydrogen) atoms. The maximum Gasteiger partial charge on any atom is 0.224 e. The lowest BCUT2D eigenvalue weighted by atomic mass is 9.61. The van der Waals surface area contributed by atoms with E-state index in [1.807, 2.05) is 24.3 Å². The van der Waals surface area contributed by atoms with Gasteiger partial charge in [0, 0.05) is 24.5 Å². The van der Waals surface area contributed by atoms with Crippen molar-refractivity contribution in [3.05, 3.63) is 36.2 Å². The first-order valence-electron chi connectivity index (χ1n) is 10.0. The van der Waals surface area contributed by atoms with Gasteiger partial charge in [0.05, 0.1) is 18.2 Å². The Morgan fingerprint density at radius 1 is 1.19 bits per heavy atom. The summed E-state index contributed by atoms with van der Waals surface area (Å²) in [5.41, 5.74) is 1.88. The number of rotatable bonds is 5. The highest BCUT2D eigenvalue weighted by Crippen LogP contribution is 2.51. The summed E-state index contributed by atoms with van der Waals surface area (Å²) in [7, 11) is 0. The van der Waals surface area contributed by atoms with Crippen molar-refractivity contribution >= 4 is 5.91 Å². The van der Waals surface area contributed by atoms with Crippen LogP contribution in [0.15, 0.2) is 30.6 Å². The molecule has 142 valence electrons. The summed E-state index contributed by atoms with van der Waals surface area (Å²) in [6.45, 7) is 0.851. The van der Waals surface area contributed by atoms with Gasteiger partial charge in [0.15, 0.2) is 0 Å². The van der Waals surface area contributed by atoms with Gasteiger partial charge in [-0.1, -0.05) is 37.8 Å². The molecule has 1 aromatic carbocycles. The molecule has 3 aliphatic rings. The number of fused-ring (bicyclic) bond motifs is 1. The van der Waals surface area contributed by atoms with Gasteiger partial charge in [0.25, 0.3) is 0 Å². The Morgan fingerprint density at radius 2 is 2.00 bits per heavy atom. The summed E-state index contributed by atoms with van der Waals surface area (Å²) in [6, 6.07) is 8.10. The molecule has 5 rings (SSSR count). The Balaban J connectivity index is 1.22. The summed E-state index contributed by atoms with van der Waals surface area (Å²) in [5.74, 6) is 1.88. The van der Waals surface area contributed by atoms with Gasteiger partial charge in [-0.05, 0) is 40.5 Å². The Morgan fingerprint density at radius 3 is 2.74 bits per heavy atom. The highest BCUT2D eigenvalue weighted by Gasteiger charge is 2.56. The van der Waals surface area contributed by atoms with Crippen LogP contribution in [0.25, 0.3) is 5.69 Å². The number of carbonyl (C=O) groups excluding carboxylic acids is 1. The Bertz CT molecular complexity index is 780. The van der Waals surface area contributed by atoms with Crippen LogP contribution in [-0.2, 0) is 16.0 Å². The zero-order valence-corrected chi connectivity index (χ0v) is 15.3. The van der Waals surface area contributed by atoms with Crippen LogP contribution in [0.3, 0.4) is 0 Å². The molecule has 0 bridgehead atoms. The lowest BCUT2D eigenvalue weighted by molar-refractivity contribution is -0.129. The Labute approximate surface area is 158 Å². The van der Waals surface area contributed by atoms with E-state index in [9.17, 15) is 4.79 Å². The third kappa shape index (κ3) is 3.14. The molecule has 0 radical (unpaired) electrons. The van der Waals surface area contributed by atoms with Crippen LogP contribution in [0.1, 0.15) is 37.7 Å². The maximum atomic E-state index is 12.7. The second kappa shape index (κ2) is 7.03. The van der Waals surface area contributed by atoms with E-state index in [4.69, 9.17) is 4.74 Å². The summed E-state index contributed by atoms with van der Waals surface area (Å²) >= 11 is 0. The number of nitrogens with zero attached hydrogens (tertiary/aromatic N) is 4. The molecular formula is C20H25N5O2. The molecule has 1 aliphatic heterocycles. The van der Waals surface area contributed by atoms with E-state index in [1.54, 1.807) is 11.0 Å². The number of tetrazole rings is 1. The van der Waals surface area contributed by atoms with Crippen LogP contribution in [0.4, 0.5) is 0 Å². The van der Waals surface area contributed by atoms with E-state index in [0.717, 1.165) is 30.2 Å². The molecule has 0 unspecified atom stereocenters.